The van der Waals surface area contributed by atoms with Crippen LogP contribution in [0.3, 0.4) is 0 Å². The van der Waals surface area contributed by atoms with Crippen molar-refractivity contribution in [2.45, 2.75) is 39.3 Å². The van der Waals surface area contributed by atoms with Gasteiger partial charge in [-0.2, -0.15) is 5.10 Å². The molecule has 1 aliphatic heterocycles. The van der Waals surface area contributed by atoms with Gasteiger partial charge in [0.15, 0.2) is 23.2 Å². The van der Waals surface area contributed by atoms with Gasteiger partial charge in [0.2, 0.25) is 5.91 Å². The minimum absolute atomic E-state index is 0.0801. The first kappa shape index (κ1) is 21.7. The summed E-state index contributed by atoms with van der Waals surface area (Å²) in [7, 11) is 3.07. The third kappa shape index (κ3) is 4.12. The highest BCUT2D eigenvalue weighted by Crippen LogP contribution is 2.31. The lowest BCUT2D eigenvalue weighted by Crippen LogP contribution is -2.45. The average molecular weight is 442 g/mol. The zero-order valence-electron chi connectivity index (χ0n) is 18.3. The van der Waals surface area contributed by atoms with Gasteiger partial charge in [-0.05, 0) is 43.5 Å². The molecule has 0 saturated carbocycles. The van der Waals surface area contributed by atoms with E-state index in [0.29, 0.717) is 35.7 Å². The Bertz CT molecular complexity index is 1160. The van der Waals surface area contributed by atoms with Crippen LogP contribution in [0.25, 0.3) is 0 Å². The number of rotatable bonds is 6. The Morgan fingerprint density at radius 1 is 1.16 bits per heavy atom. The molecule has 8 nitrogen and oxygen atoms in total. The average Bonchev–Trinajstić information content (AvgIpc) is 3.18. The predicted octanol–water partition coefficient (Wildman–Crippen LogP) is 2.88. The van der Waals surface area contributed by atoms with Gasteiger partial charge in [-0.1, -0.05) is 0 Å². The number of anilines is 2. The van der Waals surface area contributed by atoms with E-state index in [1.165, 1.54) is 19.2 Å². The smallest absolute Gasteiger partial charge is 0.246 e. The first-order valence-corrected chi connectivity index (χ1v) is 10.2. The van der Waals surface area contributed by atoms with E-state index in [4.69, 9.17) is 4.74 Å². The van der Waals surface area contributed by atoms with E-state index < -0.39 is 17.4 Å². The number of benzene rings is 1. The summed E-state index contributed by atoms with van der Waals surface area (Å²) in [5.74, 6) is -0.587. The normalized spacial score (nSPS) is 15.5. The van der Waals surface area contributed by atoms with Gasteiger partial charge >= 0.3 is 0 Å². The number of hydrogen-bond donors (Lipinski definition) is 1. The van der Waals surface area contributed by atoms with Crippen LogP contribution in [0.5, 0.6) is 5.75 Å². The van der Waals surface area contributed by atoms with E-state index in [-0.39, 0.29) is 18.5 Å². The number of ether oxygens (including phenoxy) is 1. The summed E-state index contributed by atoms with van der Waals surface area (Å²) in [4.78, 5) is 23.1. The Hall–Kier alpha value is -3.56. The van der Waals surface area contributed by atoms with Crippen molar-refractivity contribution in [3.05, 3.63) is 58.8 Å². The second-order valence-corrected chi connectivity index (χ2v) is 7.84. The fraction of sp³-hybridized carbons (Fsp3) is 0.364. The van der Waals surface area contributed by atoms with E-state index in [1.807, 2.05) is 32.0 Å². The molecule has 1 aliphatic rings. The standard InChI is InChI=1S/C22H24F2N6O2/c1-12-19-21(29(3)13(2)22(31)28-19)27-18(26-12)6-5-14-9-25-30(10-14)11-15-7-16(23)20(32-4)17(24)8-15/h7-10,13H,5-6,11H2,1-4H3,(H,28,31)/t13-/m1/s1. The second kappa shape index (κ2) is 8.52. The summed E-state index contributed by atoms with van der Waals surface area (Å²) < 4.78 is 34.2. The fourth-order valence-corrected chi connectivity index (χ4v) is 3.68. The molecular weight excluding hydrogens is 418 g/mol. The number of nitrogens with zero attached hydrogens (tertiary/aromatic N) is 5. The summed E-state index contributed by atoms with van der Waals surface area (Å²) >= 11 is 0. The first-order chi connectivity index (χ1) is 15.3. The molecular formula is C22H24F2N6O2. The summed E-state index contributed by atoms with van der Waals surface area (Å²) in [6.45, 7) is 3.90. The van der Waals surface area contributed by atoms with Crippen molar-refractivity contribution < 1.29 is 18.3 Å². The number of carbonyl (C=O) groups excluding carboxylic acids is 1. The molecule has 0 fully saturated rings. The molecule has 1 atom stereocenters. The van der Waals surface area contributed by atoms with Crippen molar-refractivity contribution in [3.8, 4) is 5.75 Å². The van der Waals surface area contributed by atoms with Crippen molar-refractivity contribution >= 4 is 17.4 Å². The number of likely N-dealkylation sites (N-methyl/N-ethyl adjacent to an activating group) is 1. The van der Waals surface area contributed by atoms with Crippen LogP contribution in [-0.2, 0) is 24.2 Å². The zero-order valence-corrected chi connectivity index (χ0v) is 18.3. The number of nitrogens with one attached hydrogen (secondary N) is 1. The molecule has 0 bridgehead atoms. The molecule has 0 unspecified atom stereocenters. The van der Waals surface area contributed by atoms with Gasteiger partial charge in [0.05, 0.1) is 25.5 Å². The minimum atomic E-state index is -0.745. The number of hydrogen-bond acceptors (Lipinski definition) is 6. The highest BCUT2D eigenvalue weighted by atomic mass is 19.1. The van der Waals surface area contributed by atoms with E-state index in [2.05, 4.69) is 20.4 Å². The van der Waals surface area contributed by atoms with E-state index in [0.717, 1.165) is 11.3 Å². The highest BCUT2D eigenvalue weighted by molar-refractivity contribution is 6.02. The van der Waals surface area contributed by atoms with Crippen molar-refractivity contribution in [2.24, 2.45) is 0 Å². The molecule has 0 radical (unpaired) electrons. The van der Waals surface area contributed by atoms with Crippen molar-refractivity contribution in [2.75, 3.05) is 24.4 Å². The van der Waals surface area contributed by atoms with Crippen LogP contribution in [0.2, 0.25) is 0 Å². The molecule has 168 valence electrons. The molecule has 10 heteroatoms. The third-order valence-corrected chi connectivity index (χ3v) is 5.59. The number of carbonyl (C=O) groups is 1. The van der Waals surface area contributed by atoms with E-state index in [1.54, 1.807) is 10.9 Å². The van der Waals surface area contributed by atoms with Crippen molar-refractivity contribution in [3.63, 3.8) is 0 Å². The highest BCUT2D eigenvalue weighted by Gasteiger charge is 2.30. The largest absolute Gasteiger partial charge is 0.491 e. The Kier molecular flexibility index (Phi) is 5.77. The topological polar surface area (TPSA) is 85.2 Å². The van der Waals surface area contributed by atoms with Crippen LogP contribution in [-0.4, -0.2) is 45.9 Å². The maximum atomic E-state index is 13.9. The molecule has 1 N–H and O–H groups in total. The Labute approximate surface area is 184 Å². The van der Waals surface area contributed by atoms with Crippen molar-refractivity contribution in [1.29, 1.82) is 0 Å². The maximum Gasteiger partial charge on any atom is 0.246 e. The van der Waals surface area contributed by atoms with Crippen LogP contribution in [0.1, 0.15) is 29.6 Å². The minimum Gasteiger partial charge on any atom is -0.491 e. The molecule has 32 heavy (non-hydrogen) atoms. The van der Waals surface area contributed by atoms with Gasteiger partial charge < -0.3 is 15.0 Å². The lowest BCUT2D eigenvalue weighted by molar-refractivity contribution is -0.117. The van der Waals surface area contributed by atoms with Crippen LogP contribution < -0.4 is 15.0 Å². The van der Waals surface area contributed by atoms with Gasteiger partial charge in [0.1, 0.15) is 17.6 Å². The van der Waals surface area contributed by atoms with Gasteiger partial charge in [-0.3, -0.25) is 9.48 Å². The number of aryl methyl sites for hydroxylation is 3. The van der Waals surface area contributed by atoms with Gasteiger partial charge in [-0.25, -0.2) is 18.7 Å². The molecule has 1 amide bonds. The van der Waals surface area contributed by atoms with Crippen LogP contribution in [0.4, 0.5) is 20.3 Å². The monoisotopic (exact) mass is 442 g/mol. The quantitative estimate of drug-likeness (QED) is 0.632. The molecule has 2 aromatic heterocycles. The molecule has 4 rings (SSSR count). The Morgan fingerprint density at radius 2 is 1.88 bits per heavy atom. The maximum absolute atomic E-state index is 13.9. The van der Waals surface area contributed by atoms with Crippen LogP contribution in [0.15, 0.2) is 24.5 Å². The van der Waals surface area contributed by atoms with E-state index >= 15 is 0 Å². The Balaban J connectivity index is 1.45. The SMILES string of the molecule is COc1c(F)cc(Cn2cc(CCc3nc(C)c4c(n3)N(C)[C@H](C)C(=O)N4)cn2)cc1F. The summed E-state index contributed by atoms with van der Waals surface area (Å²) in [5.41, 5.74) is 2.76. The van der Waals surface area contributed by atoms with Gasteiger partial charge in [-0.15, -0.1) is 0 Å². The van der Waals surface area contributed by atoms with Gasteiger partial charge in [0.25, 0.3) is 0 Å². The summed E-state index contributed by atoms with van der Waals surface area (Å²) in [6, 6.07) is 2.17. The molecule has 0 saturated heterocycles. The summed E-state index contributed by atoms with van der Waals surface area (Å²) in [5, 5.41) is 7.16. The first-order valence-electron chi connectivity index (χ1n) is 10.2. The predicted molar refractivity (Wildman–Crippen MR) is 115 cm³/mol. The lowest BCUT2D eigenvalue weighted by Gasteiger charge is -2.32. The number of amides is 1. The zero-order chi connectivity index (χ0) is 23.0. The van der Waals surface area contributed by atoms with Crippen LogP contribution in [0, 0.1) is 18.6 Å². The molecule has 3 aromatic rings. The molecule has 0 aliphatic carbocycles. The molecule has 0 spiro atoms. The number of halogens is 2. The molecule has 1 aromatic carbocycles. The molecule has 3 heterocycles. The number of fused-ring (bicyclic) bond motifs is 1. The van der Waals surface area contributed by atoms with Crippen LogP contribution >= 0.6 is 0 Å². The second-order valence-electron chi connectivity index (χ2n) is 7.84. The lowest BCUT2D eigenvalue weighted by atomic mass is 10.1. The number of aromatic nitrogens is 4. The fourth-order valence-electron chi connectivity index (χ4n) is 3.68. The van der Waals surface area contributed by atoms with Gasteiger partial charge in [0, 0.05) is 19.7 Å². The van der Waals surface area contributed by atoms with E-state index in [9.17, 15) is 13.6 Å². The number of methoxy groups -OCH3 is 1. The Morgan fingerprint density at radius 3 is 2.56 bits per heavy atom. The van der Waals surface area contributed by atoms with Crippen molar-refractivity contribution in [1.82, 2.24) is 19.7 Å². The summed E-state index contributed by atoms with van der Waals surface area (Å²) in [6.07, 6.45) is 4.78. The third-order valence-electron chi connectivity index (χ3n) is 5.59.